The Kier molecular flexibility index (Phi) is 5.43. The van der Waals surface area contributed by atoms with Gasteiger partial charge < -0.3 is 15.0 Å². The van der Waals surface area contributed by atoms with Crippen molar-refractivity contribution in [2.24, 2.45) is 0 Å². The van der Waals surface area contributed by atoms with Crippen LogP contribution in [0, 0.1) is 0 Å². The number of hydrogen-bond acceptors (Lipinski definition) is 6. The fraction of sp³-hybridized carbons (Fsp3) is 0.381. The Morgan fingerprint density at radius 3 is 3.07 bits per heavy atom. The van der Waals surface area contributed by atoms with Crippen molar-refractivity contribution in [3.05, 3.63) is 46.6 Å². The number of carbonyl (C=O) groups excluding carboxylic acids is 1. The SMILES string of the molecule is CCNc1ncnc2sc3c(c12)CCN(C(=O)CCc1cccc(OC)c1)C3. The Morgan fingerprint density at radius 2 is 2.25 bits per heavy atom. The van der Waals surface area contributed by atoms with Gasteiger partial charge in [-0.2, -0.15) is 0 Å². The molecular formula is C21H24N4O2S. The molecule has 0 bridgehead atoms. The fourth-order valence-corrected chi connectivity index (χ4v) is 4.88. The van der Waals surface area contributed by atoms with Crippen LogP contribution in [0.4, 0.5) is 5.82 Å². The largest absolute Gasteiger partial charge is 0.497 e. The van der Waals surface area contributed by atoms with Crippen LogP contribution in [0.3, 0.4) is 0 Å². The van der Waals surface area contributed by atoms with Gasteiger partial charge in [-0.25, -0.2) is 9.97 Å². The van der Waals surface area contributed by atoms with E-state index in [0.29, 0.717) is 13.0 Å². The smallest absolute Gasteiger partial charge is 0.223 e. The Hall–Kier alpha value is -2.67. The summed E-state index contributed by atoms with van der Waals surface area (Å²) in [7, 11) is 1.66. The maximum atomic E-state index is 12.8. The summed E-state index contributed by atoms with van der Waals surface area (Å²) >= 11 is 1.68. The van der Waals surface area contributed by atoms with Crippen LogP contribution in [0.2, 0.25) is 0 Å². The predicted octanol–water partition coefficient (Wildman–Crippen LogP) is 3.65. The van der Waals surface area contributed by atoms with Gasteiger partial charge in [0.15, 0.2) is 0 Å². The summed E-state index contributed by atoms with van der Waals surface area (Å²) in [6.07, 6.45) is 3.70. The molecule has 1 aliphatic heterocycles. The van der Waals surface area contributed by atoms with Crippen LogP contribution in [0.25, 0.3) is 10.2 Å². The summed E-state index contributed by atoms with van der Waals surface area (Å²) in [5, 5.41) is 4.47. The molecule has 28 heavy (non-hydrogen) atoms. The van der Waals surface area contributed by atoms with Crippen LogP contribution in [-0.2, 0) is 24.2 Å². The topological polar surface area (TPSA) is 67.4 Å². The molecule has 3 aromatic rings. The minimum atomic E-state index is 0.198. The third-order valence-electron chi connectivity index (χ3n) is 5.10. The monoisotopic (exact) mass is 396 g/mol. The highest BCUT2D eigenvalue weighted by Gasteiger charge is 2.26. The standard InChI is InChI=1S/C21H24N4O2S/c1-3-22-20-19-16-9-10-25(12-17(16)28-21(19)24-13-23-20)18(26)8-7-14-5-4-6-15(11-14)27-2/h4-6,11,13H,3,7-10,12H2,1-2H3,(H,22,23,24). The number of benzene rings is 1. The van der Waals surface area contributed by atoms with Gasteiger partial charge in [-0.1, -0.05) is 12.1 Å². The summed E-state index contributed by atoms with van der Waals surface area (Å²) < 4.78 is 5.26. The van der Waals surface area contributed by atoms with Gasteiger partial charge in [0.1, 0.15) is 22.7 Å². The van der Waals surface area contributed by atoms with Crippen LogP contribution in [0.1, 0.15) is 29.3 Å². The Balaban J connectivity index is 1.47. The highest BCUT2D eigenvalue weighted by Crippen LogP contribution is 2.37. The van der Waals surface area contributed by atoms with Crippen LogP contribution in [0.5, 0.6) is 5.75 Å². The van der Waals surface area contributed by atoms with E-state index in [1.165, 1.54) is 10.4 Å². The van der Waals surface area contributed by atoms with E-state index in [0.717, 1.165) is 53.3 Å². The van der Waals surface area contributed by atoms with Crippen molar-refractivity contribution >= 4 is 33.3 Å². The highest BCUT2D eigenvalue weighted by atomic mass is 32.1. The van der Waals surface area contributed by atoms with Gasteiger partial charge in [-0.15, -0.1) is 11.3 Å². The van der Waals surface area contributed by atoms with Gasteiger partial charge >= 0.3 is 0 Å². The van der Waals surface area contributed by atoms with Crippen molar-refractivity contribution < 1.29 is 9.53 Å². The number of anilines is 1. The molecule has 6 nitrogen and oxygen atoms in total. The van der Waals surface area contributed by atoms with Gasteiger partial charge in [0.2, 0.25) is 5.91 Å². The van der Waals surface area contributed by atoms with E-state index in [2.05, 4.69) is 22.2 Å². The molecule has 1 aromatic carbocycles. The first-order chi connectivity index (χ1) is 13.7. The molecule has 146 valence electrons. The van der Waals surface area contributed by atoms with Crippen molar-refractivity contribution in [1.82, 2.24) is 14.9 Å². The Morgan fingerprint density at radius 1 is 1.36 bits per heavy atom. The maximum Gasteiger partial charge on any atom is 0.223 e. The summed E-state index contributed by atoms with van der Waals surface area (Å²) in [5.41, 5.74) is 2.42. The molecule has 0 atom stereocenters. The Labute approximate surface area is 168 Å². The van der Waals surface area contributed by atoms with Crippen molar-refractivity contribution in [3.63, 3.8) is 0 Å². The van der Waals surface area contributed by atoms with E-state index < -0.39 is 0 Å². The highest BCUT2D eigenvalue weighted by molar-refractivity contribution is 7.19. The van der Waals surface area contributed by atoms with Crippen LogP contribution in [-0.4, -0.2) is 41.0 Å². The number of nitrogens with zero attached hydrogens (tertiary/aromatic N) is 3. The first-order valence-corrected chi connectivity index (χ1v) is 10.4. The number of fused-ring (bicyclic) bond motifs is 3. The first-order valence-electron chi connectivity index (χ1n) is 9.59. The molecule has 7 heteroatoms. The quantitative estimate of drug-likeness (QED) is 0.689. The minimum Gasteiger partial charge on any atom is -0.497 e. The summed E-state index contributed by atoms with van der Waals surface area (Å²) in [6.45, 7) is 4.30. The lowest BCUT2D eigenvalue weighted by atomic mass is 10.0. The molecule has 0 saturated heterocycles. The molecule has 1 amide bonds. The molecule has 1 N–H and O–H groups in total. The van der Waals surface area contributed by atoms with Gasteiger partial charge in [0, 0.05) is 24.4 Å². The van der Waals surface area contributed by atoms with Crippen LogP contribution in [0.15, 0.2) is 30.6 Å². The summed E-state index contributed by atoms with van der Waals surface area (Å²) in [5.74, 6) is 1.93. The molecule has 0 fully saturated rings. The molecule has 0 unspecified atom stereocenters. The maximum absolute atomic E-state index is 12.8. The number of ether oxygens (including phenoxy) is 1. The molecule has 1 aliphatic rings. The zero-order valence-electron chi connectivity index (χ0n) is 16.2. The zero-order valence-corrected chi connectivity index (χ0v) is 17.0. The number of carbonyl (C=O) groups is 1. The molecule has 0 saturated carbocycles. The molecule has 4 rings (SSSR count). The van der Waals surface area contributed by atoms with Crippen molar-refractivity contribution in [2.75, 3.05) is 25.5 Å². The lowest BCUT2D eigenvalue weighted by Gasteiger charge is -2.27. The number of amides is 1. The van der Waals surface area contributed by atoms with Crippen LogP contribution < -0.4 is 10.1 Å². The number of rotatable bonds is 6. The van der Waals surface area contributed by atoms with Gasteiger partial charge in [0.25, 0.3) is 0 Å². The van der Waals surface area contributed by atoms with E-state index in [9.17, 15) is 4.79 Å². The van der Waals surface area contributed by atoms with Gasteiger partial charge in [-0.05, 0) is 43.0 Å². The third-order valence-corrected chi connectivity index (χ3v) is 6.22. The van der Waals surface area contributed by atoms with E-state index in [4.69, 9.17) is 4.74 Å². The summed E-state index contributed by atoms with van der Waals surface area (Å²) in [4.78, 5) is 25.8. The lowest BCUT2D eigenvalue weighted by Crippen LogP contribution is -2.35. The number of nitrogens with one attached hydrogen (secondary N) is 1. The summed E-state index contributed by atoms with van der Waals surface area (Å²) in [6, 6.07) is 7.92. The molecule has 3 heterocycles. The Bertz CT molecular complexity index is 1000. The van der Waals surface area contributed by atoms with Crippen molar-refractivity contribution in [3.8, 4) is 5.75 Å². The second-order valence-electron chi connectivity index (χ2n) is 6.85. The van der Waals surface area contributed by atoms with Crippen molar-refractivity contribution in [1.29, 1.82) is 0 Å². The number of methoxy groups -OCH3 is 1. The first kappa shape index (κ1) is 18.7. The second-order valence-corrected chi connectivity index (χ2v) is 7.94. The molecule has 2 aromatic heterocycles. The average Bonchev–Trinajstić information content (AvgIpc) is 3.11. The van der Waals surface area contributed by atoms with Gasteiger partial charge in [0.05, 0.1) is 19.0 Å². The van der Waals surface area contributed by atoms with E-state index in [1.54, 1.807) is 24.8 Å². The average molecular weight is 397 g/mol. The van der Waals surface area contributed by atoms with Crippen LogP contribution >= 0.6 is 11.3 Å². The number of thiophene rings is 1. The second kappa shape index (κ2) is 8.14. The molecule has 0 aliphatic carbocycles. The van der Waals surface area contributed by atoms with E-state index >= 15 is 0 Å². The minimum absolute atomic E-state index is 0.198. The molecule has 0 spiro atoms. The third kappa shape index (κ3) is 3.67. The number of aryl methyl sites for hydroxylation is 1. The molecular weight excluding hydrogens is 372 g/mol. The van der Waals surface area contributed by atoms with Gasteiger partial charge in [-0.3, -0.25) is 4.79 Å². The van der Waals surface area contributed by atoms with E-state index in [1.807, 2.05) is 29.2 Å². The normalized spacial score (nSPS) is 13.4. The zero-order chi connectivity index (χ0) is 19.5. The van der Waals surface area contributed by atoms with E-state index in [-0.39, 0.29) is 5.91 Å². The number of aromatic nitrogens is 2. The van der Waals surface area contributed by atoms with Crippen molar-refractivity contribution in [2.45, 2.75) is 32.7 Å². The molecule has 0 radical (unpaired) electrons. The predicted molar refractivity (Wildman–Crippen MR) is 112 cm³/mol. The fourth-order valence-electron chi connectivity index (χ4n) is 3.68. The lowest BCUT2D eigenvalue weighted by molar-refractivity contribution is -0.132. The number of hydrogen-bond donors (Lipinski definition) is 1.